The number of hydrogen-bond donors (Lipinski definition) is 3. The lowest BCUT2D eigenvalue weighted by atomic mass is 9.80. The summed E-state index contributed by atoms with van der Waals surface area (Å²) in [5, 5.41) is 33.5. The van der Waals surface area contributed by atoms with Crippen LogP contribution >= 0.6 is 34.8 Å². The van der Waals surface area contributed by atoms with Crippen molar-refractivity contribution in [2.75, 3.05) is 6.61 Å². The zero-order chi connectivity index (χ0) is 33.8. The smallest absolute Gasteiger partial charge is 0.423 e. The maximum absolute atomic E-state index is 13.3. The highest BCUT2D eigenvalue weighted by molar-refractivity contribution is 6.58. The summed E-state index contributed by atoms with van der Waals surface area (Å²) in [6.07, 6.45) is 0. The fourth-order valence-electron chi connectivity index (χ4n) is 3.82. The first kappa shape index (κ1) is 36.2. The molecule has 0 atom stereocenters. The molecule has 3 N–H and O–H groups in total. The van der Waals surface area contributed by atoms with Crippen LogP contribution in [0.2, 0.25) is 15.2 Å². The molecule has 6 aromatic rings. The number of aromatic nitrogens is 4. The fraction of sp³-hybridized carbons (Fsp3) is 0.0938. The van der Waals surface area contributed by atoms with Crippen molar-refractivity contribution in [2.24, 2.45) is 0 Å². The minimum absolute atomic E-state index is 0.167. The van der Waals surface area contributed by atoms with E-state index in [1.54, 1.807) is 18.2 Å². The fourth-order valence-corrected chi connectivity index (χ4v) is 4.37. The molecule has 0 bridgehead atoms. The van der Waals surface area contributed by atoms with Crippen molar-refractivity contribution in [3.8, 4) is 17.3 Å². The highest BCUT2D eigenvalue weighted by atomic mass is 35.5. The summed E-state index contributed by atoms with van der Waals surface area (Å²) in [6.45, 7) is 3.29. The molecule has 4 aromatic carbocycles. The molecule has 0 saturated heterocycles. The normalized spacial score (nSPS) is 10.0. The van der Waals surface area contributed by atoms with E-state index < -0.39 is 12.9 Å². The lowest BCUT2D eigenvalue weighted by Gasteiger charge is -2.07. The second-order valence-corrected chi connectivity index (χ2v) is 10.4. The predicted octanol–water partition coefficient (Wildman–Crippen LogP) is 6.65. The number of rotatable bonds is 2. The van der Waals surface area contributed by atoms with Crippen molar-refractivity contribution >= 4 is 69.5 Å². The molecule has 0 aliphatic rings. The van der Waals surface area contributed by atoms with Gasteiger partial charge in [0.2, 0.25) is 0 Å². The van der Waals surface area contributed by atoms with Gasteiger partial charge >= 0.3 is 7.12 Å². The van der Waals surface area contributed by atoms with Crippen molar-refractivity contribution in [3.05, 3.63) is 123 Å². The molecular formula is C32H25BCl3F2N5O3. The largest absolute Gasteiger partial charge is 0.488 e. The molecule has 0 saturated carbocycles. The van der Waals surface area contributed by atoms with Crippen LogP contribution < -0.4 is 5.46 Å². The Hall–Kier alpha value is -4.28. The number of nitriles is 1. The summed E-state index contributed by atoms with van der Waals surface area (Å²) in [4.78, 5) is 17.4. The summed E-state index contributed by atoms with van der Waals surface area (Å²) in [5.74, 6) is -0.761. The number of aryl methyl sites for hydroxylation is 2. The Morgan fingerprint density at radius 1 is 0.717 bits per heavy atom. The van der Waals surface area contributed by atoms with Crippen molar-refractivity contribution in [3.63, 3.8) is 0 Å². The number of nitrogens with zero attached hydrogens (tertiary/aromatic N) is 5. The van der Waals surface area contributed by atoms with E-state index in [1.807, 2.05) is 44.2 Å². The Balaban J connectivity index is 0.000000186. The van der Waals surface area contributed by atoms with Crippen molar-refractivity contribution in [2.45, 2.75) is 13.8 Å². The van der Waals surface area contributed by atoms with Crippen LogP contribution in [0, 0.1) is 36.8 Å². The summed E-state index contributed by atoms with van der Waals surface area (Å²) >= 11 is 17.9. The van der Waals surface area contributed by atoms with Crippen molar-refractivity contribution in [1.29, 1.82) is 5.26 Å². The highest BCUT2D eigenvalue weighted by Gasteiger charge is 2.11. The van der Waals surface area contributed by atoms with Gasteiger partial charge in [0.15, 0.2) is 5.15 Å². The highest BCUT2D eigenvalue weighted by Crippen LogP contribution is 2.27. The van der Waals surface area contributed by atoms with Crippen molar-refractivity contribution < 1.29 is 23.9 Å². The van der Waals surface area contributed by atoms with E-state index in [4.69, 9.17) is 55.2 Å². The summed E-state index contributed by atoms with van der Waals surface area (Å²) in [5.41, 5.74) is 5.79. The molecule has 0 radical (unpaired) electrons. The van der Waals surface area contributed by atoms with E-state index in [2.05, 4.69) is 19.9 Å². The zero-order valence-electron chi connectivity index (χ0n) is 24.3. The van der Waals surface area contributed by atoms with E-state index in [9.17, 15) is 8.78 Å². The SMILES string of the molecule is Cc1nc2cccc(Cl)c2nc1-c1cccc(F)c1.Cc1nc2cccc(Cl)c2nc1Cl.N#CCO.OB(O)c1cccc(F)c1. The molecule has 6 rings (SSSR count). The quantitative estimate of drug-likeness (QED) is 0.137. The van der Waals surface area contributed by atoms with Gasteiger partial charge in [-0.05, 0) is 67.8 Å². The standard InChI is InChI=1S/C15H10ClFN2.C9H6Cl2N2.C6H6BFO2.C2H3NO/c1-9-14(10-4-2-5-11(17)8-10)19-15-12(16)6-3-7-13(15)18-9;1-5-9(11)13-8-6(10)3-2-4-7(8)12-5;8-6-3-1-2-5(4-6)7(9)10;3-1-2-4/h2-8H,1H3;2-4H,1H3;1-4,9-10H;4H,2H2. The van der Waals surface area contributed by atoms with Crippen LogP contribution in [0.5, 0.6) is 0 Å². The van der Waals surface area contributed by atoms with Gasteiger partial charge in [-0.3, -0.25) is 0 Å². The van der Waals surface area contributed by atoms with E-state index >= 15 is 0 Å². The van der Waals surface area contributed by atoms with Gasteiger partial charge in [-0.25, -0.2) is 28.7 Å². The topological polar surface area (TPSA) is 136 Å². The Bertz CT molecular complexity index is 2000. The van der Waals surface area contributed by atoms with Crippen molar-refractivity contribution in [1.82, 2.24) is 19.9 Å². The second kappa shape index (κ2) is 17.4. The van der Waals surface area contributed by atoms with Gasteiger partial charge in [0.25, 0.3) is 0 Å². The molecule has 0 amide bonds. The molecule has 0 spiro atoms. The average Bonchev–Trinajstić information content (AvgIpc) is 3.03. The zero-order valence-corrected chi connectivity index (χ0v) is 26.6. The first-order chi connectivity index (χ1) is 21.9. The summed E-state index contributed by atoms with van der Waals surface area (Å²) in [6, 6.07) is 23.9. The Labute approximate surface area is 278 Å². The summed E-state index contributed by atoms with van der Waals surface area (Å²) < 4.78 is 25.6. The maximum Gasteiger partial charge on any atom is 0.488 e. The molecule has 0 unspecified atom stereocenters. The number of para-hydroxylation sites is 2. The van der Waals surface area contributed by atoms with Crippen LogP contribution in [-0.4, -0.2) is 48.8 Å². The molecule has 0 aliphatic heterocycles. The Morgan fingerprint density at radius 2 is 1.22 bits per heavy atom. The van der Waals surface area contributed by atoms with Crippen LogP contribution in [0.3, 0.4) is 0 Å². The third kappa shape index (κ3) is 10.1. The van der Waals surface area contributed by atoms with Crippen LogP contribution in [0.1, 0.15) is 11.4 Å². The minimum atomic E-state index is -1.59. The number of aliphatic hydroxyl groups is 1. The Morgan fingerprint density at radius 3 is 1.72 bits per heavy atom. The molecule has 2 aromatic heterocycles. The lowest BCUT2D eigenvalue weighted by molar-refractivity contribution is 0.348. The van der Waals surface area contributed by atoms with Gasteiger partial charge in [0, 0.05) is 5.56 Å². The van der Waals surface area contributed by atoms with Gasteiger partial charge in [-0.15, -0.1) is 0 Å². The molecule has 234 valence electrons. The number of aliphatic hydroxyl groups excluding tert-OH is 1. The van der Waals surface area contributed by atoms with Crippen LogP contribution in [0.25, 0.3) is 33.3 Å². The number of benzene rings is 4. The third-order valence-corrected chi connectivity index (χ3v) is 6.87. The first-order valence-electron chi connectivity index (χ1n) is 13.3. The monoisotopic (exact) mass is 681 g/mol. The van der Waals surface area contributed by atoms with Gasteiger partial charge in [0.1, 0.15) is 29.3 Å². The predicted molar refractivity (Wildman–Crippen MR) is 178 cm³/mol. The van der Waals surface area contributed by atoms with Crippen LogP contribution in [0.15, 0.2) is 84.9 Å². The molecule has 8 nitrogen and oxygen atoms in total. The number of hydrogen-bond acceptors (Lipinski definition) is 8. The molecule has 14 heteroatoms. The third-order valence-electron chi connectivity index (χ3n) is 5.90. The van der Waals surface area contributed by atoms with E-state index in [1.165, 1.54) is 36.4 Å². The van der Waals surface area contributed by atoms with Crippen LogP contribution in [-0.2, 0) is 0 Å². The second-order valence-electron chi connectivity index (χ2n) is 9.23. The van der Waals surface area contributed by atoms with E-state index in [-0.39, 0.29) is 17.9 Å². The maximum atomic E-state index is 13.3. The molecule has 0 fully saturated rings. The van der Waals surface area contributed by atoms with Crippen LogP contribution in [0.4, 0.5) is 8.78 Å². The number of halogens is 5. The minimum Gasteiger partial charge on any atom is -0.423 e. The summed E-state index contributed by atoms with van der Waals surface area (Å²) in [7, 11) is -1.59. The molecule has 0 aliphatic carbocycles. The van der Waals surface area contributed by atoms with Gasteiger partial charge < -0.3 is 15.2 Å². The molecule has 46 heavy (non-hydrogen) atoms. The van der Waals surface area contributed by atoms with Gasteiger partial charge in [0.05, 0.1) is 44.2 Å². The number of fused-ring (bicyclic) bond motifs is 2. The first-order valence-corrected chi connectivity index (χ1v) is 14.4. The van der Waals surface area contributed by atoms with Gasteiger partial charge in [-0.2, -0.15) is 5.26 Å². The Kier molecular flexibility index (Phi) is 13.7. The van der Waals surface area contributed by atoms with E-state index in [0.29, 0.717) is 37.5 Å². The molecular weight excluding hydrogens is 658 g/mol. The van der Waals surface area contributed by atoms with Gasteiger partial charge in [-0.1, -0.05) is 71.2 Å². The van der Waals surface area contributed by atoms with E-state index in [0.717, 1.165) is 28.5 Å². The average molecular weight is 683 g/mol. The lowest BCUT2D eigenvalue weighted by Crippen LogP contribution is -2.29. The molecule has 2 heterocycles.